The van der Waals surface area contributed by atoms with E-state index in [2.05, 4.69) is 12.2 Å². The standard InChI is InChI=1S/C13H15Cl2NO/c1-8(16-2)12(13(14)15)10-4-3-9-5-6-17-11(9)7-10/h3-8,12-13,16H,1-2H3. The molecule has 2 nitrogen and oxygen atoms in total. The van der Waals surface area contributed by atoms with E-state index in [1.54, 1.807) is 6.26 Å². The van der Waals surface area contributed by atoms with E-state index in [0.29, 0.717) is 0 Å². The Morgan fingerprint density at radius 1 is 1.24 bits per heavy atom. The van der Waals surface area contributed by atoms with Gasteiger partial charge in [0.1, 0.15) is 10.4 Å². The molecule has 1 aromatic carbocycles. The zero-order valence-corrected chi connectivity index (χ0v) is 11.3. The Hall–Kier alpha value is -0.700. The molecule has 17 heavy (non-hydrogen) atoms. The van der Waals surface area contributed by atoms with Crippen LogP contribution in [-0.4, -0.2) is 17.9 Å². The van der Waals surface area contributed by atoms with Crippen molar-refractivity contribution in [3.8, 4) is 0 Å². The minimum Gasteiger partial charge on any atom is -0.464 e. The largest absolute Gasteiger partial charge is 0.464 e. The van der Waals surface area contributed by atoms with Gasteiger partial charge in [0.25, 0.3) is 0 Å². The average molecular weight is 272 g/mol. The molecular weight excluding hydrogens is 257 g/mol. The van der Waals surface area contributed by atoms with Crippen LogP contribution in [0.3, 0.4) is 0 Å². The first kappa shape index (κ1) is 12.7. The lowest BCUT2D eigenvalue weighted by Crippen LogP contribution is -2.32. The summed E-state index contributed by atoms with van der Waals surface area (Å²) in [6.07, 6.45) is 1.68. The van der Waals surface area contributed by atoms with Gasteiger partial charge < -0.3 is 9.73 Å². The molecule has 1 heterocycles. The number of hydrogen-bond donors (Lipinski definition) is 1. The van der Waals surface area contributed by atoms with Crippen molar-refractivity contribution in [1.82, 2.24) is 5.32 Å². The fraction of sp³-hybridized carbons (Fsp3) is 0.385. The fourth-order valence-electron chi connectivity index (χ4n) is 2.01. The number of rotatable bonds is 4. The summed E-state index contributed by atoms with van der Waals surface area (Å²) in [6, 6.07) is 8.22. The molecule has 0 bridgehead atoms. The molecule has 1 aromatic heterocycles. The quantitative estimate of drug-likeness (QED) is 0.853. The minimum atomic E-state index is -0.454. The molecule has 0 aliphatic heterocycles. The maximum atomic E-state index is 6.07. The van der Waals surface area contributed by atoms with Gasteiger partial charge in [-0.3, -0.25) is 0 Å². The van der Waals surface area contributed by atoms with E-state index in [0.717, 1.165) is 16.5 Å². The molecular formula is C13H15Cl2NO. The maximum absolute atomic E-state index is 6.07. The number of furan rings is 1. The van der Waals surface area contributed by atoms with Gasteiger partial charge in [-0.25, -0.2) is 0 Å². The van der Waals surface area contributed by atoms with Gasteiger partial charge in [0.15, 0.2) is 0 Å². The highest BCUT2D eigenvalue weighted by molar-refractivity contribution is 6.44. The molecule has 0 spiro atoms. The Morgan fingerprint density at radius 3 is 2.65 bits per heavy atom. The predicted octanol–water partition coefficient (Wildman–Crippen LogP) is 3.93. The summed E-state index contributed by atoms with van der Waals surface area (Å²) in [6.45, 7) is 2.06. The third-order valence-electron chi connectivity index (χ3n) is 3.13. The van der Waals surface area contributed by atoms with Crippen molar-refractivity contribution in [3.63, 3.8) is 0 Å². The monoisotopic (exact) mass is 271 g/mol. The van der Waals surface area contributed by atoms with Crippen LogP contribution in [0.4, 0.5) is 0 Å². The topological polar surface area (TPSA) is 25.2 Å². The molecule has 0 saturated carbocycles. The lowest BCUT2D eigenvalue weighted by molar-refractivity contribution is 0.514. The van der Waals surface area contributed by atoms with Crippen molar-refractivity contribution in [1.29, 1.82) is 0 Å². The van der Waals surface area contributed by atoms with Gasteiger partial charge in [-0.2, -0.15) is 0 Å². The number of nitrogens with one attached hydrogen (secondary N) is 1. The summed E-state index contributed by atoms with van der Waals surface area (Å²) in [4.78, 5) is -0.454. The first-order valence-electron chi connectivity index (χ1n) is 5.56. The number of halogens is 2. The lowest BCUT2D eigenvalue weighted by atomic mass is 9.93. The smallest absolute Gasteiger partial charge is 0.134 e. The molecule has 2 rings (SSSR count). The second-order valence-electron chi connectivity index (χ2n) is 4.16. The van der Waals surface area contributed by atoms with Crippen LogP contribution in [0.2, 0.25) is 0 Å². The molecule has 92 valence electrons. The SMILES string of the molecule is CNC(C)C(c1ccc2ccoc2c1)C(Cl)Cl. The summed E-state index contributed by atoms with van der Waals surface area (Å²) in [5.74, 6) is 0.0397. The summed E-state index contributed by atoms with van der Waals surface area (Å²) in [5.41, 5.74) is 1.95. The summed E-state index contributed by atoms with van der Waals surface area (Å²) < 4.78 is 5.40. The van der Waals surface area contributed by atoms with Gasteiger partial charge in [-0.15, -0.1) is 23.2 Å². The highest BCUT2D eigenvalue weighted by Crippen LogP contribution is 2.31. The molecule has 2 atom stereocenters. The van der Waals surface area contributed by atoms with E-state index < -0.39 is 4.84 Å². The molecule has 2 aromatic rings. The van der Waals surface area contributed by atoms with E-state index in [1.165, 1.54) is 0 Å². The van der Waals surface area contributed by atoms with Crippen LogP contribution in [0.15, 0.2) is 34.9 Å². The Kier molecular flexibility index (Phi) is 3.97. The molecule has 0 radical (unpaired) electrons. The third-order valence-corrected chi connectivity index (χ3v) is 3.67. The molecule has 4 heteroatoms. The Morgan fingerprint density at radius 2 is 2.00 bits per heavy atom. The van der Waals surface area contributed by atoms with Crippen molar-refractivity contribution in [3.05, 3.63) is 36.1 Å². The van der Waals surface area contributed by atoms with Gasteiger partial charge in [0.2, 0.25) is 0 Å². The van der Waals surface area contributed by atoms with Crippen molar-refractivity contribution in [2.24, 2.45) is 0 Å². The molecule has 2 unspecified atom stereocenters. The number of benzene rings is 1. The van der Waals surface area contributed by atoms with Crippen LogP contribution in [0.1, 0.15) is 18.4 Å². The van der Waals surface area contributed by atoms with Crippen LogP contribution in [0.5, 0.6) is 0 Å². The van der Waals surface area contributed by atoms with Crippen LogP contribution in [-0.2, 0) is 0 Å². The summed E-state index contributed by atoms with van der Waals surface area (Å²) in [7, 11) is 1.90. The number of likely N-dealkylation sites (N-methyl/N-ethyl adjacent to an activating group) is 1. The molecule has 0 aliphatic carbocycles. The second kappa shape index (κ2) is 5.30. The van der Waals surface area contributed by atoms with Gasteiger partial charge in [-0.1, -0.05) is 12.1 Å². The molecule has 0 fully saturated rings. The summed E-state index contributed by atoms with van der Waals surface area (Å²) >= 11 is 12.1. The van der Waals surface area contributed by atoms with E-state index >= 15 is 0 Å². The minimum absolute atomic E-state index is 0.0397. The Bertz CT molecular complexity index is 495. The van der Waals surface area contributed by atoms with Gasteiger partial charge in [-0.05, 0) is 31.7 Å². The third kappa shape index (κ3) is 2.59. The van der Waals surface area contributed by atoms with E-state index in [4.69, 9.17) is 27.6 Å². The first-order chi connectivity index (χ1) is 8.13. The van der Waals surface area contributed by atoms with Crippen LogP contribution in [0, 0.1) is 0 Å². The van der Waals surface area contributed by atoms with Crippen molar-refractivity contribution in [2.75, 3.05) is 7.05 Å². The van der Waals surface area contributed by atoms with Crippen molar-refractivity contribution < 1.29 is 4.42 Å². The van der Waals surface area contributed by atoms with Crippen LogP contribution < -0.4 is 5.32 Å². The van der Waals surface area contributed by atoms with E-state index in [1.807, 2.05) is 31.3 Å². The van der Waals surface area contributed by atoms with Crippen LogP contribution in [0.25, 0.3) is 11.0 Å². The highest BCUT2D eigenvalue weighted by Gasteiger charge is 2.25. The molecule has 0 saturated heterocycles. The maximum Gasteiger partial charge on any atom is 0.134 e. The van der Waals surface area contributed by atoms with E-state index in [9.17, 15) is 0 Å². The van der Waals surface area contributed by atoms with Crippen molar-refractivity contribution >= 4 is 34.2 Å². The summed E-state index contributed by atoms with van der Waals surface area (Å²) in [5, 5.41) is 4.28. The fourth-order valence-corrected chi connectivity index (χ4v) is 2.74. The molecule has 0 amide bonds. The number of fused-ring (bicyclic) bond motifs is 1. The van der Waals surface area contributed by atoms with Gasteiger partial charge in [0, 0.05) is 17.3 Å². The zero-order chi connectivity index (χ0) is 12.4. The first-order valence-corrected chi connectivity index (χ1v) is 6.43. The predicted molar refractivity (Wildman–Crippen MR) is 73.0 cm³/mol. The second-order valence-corrected chi connectivity index (χ2v) is 5.32. The van der Waals surface area contributed by atoms with Crippen molar-refractivity contribution in [2.45, 2.75) is 23.7 Å². The Balaban J connectivity index is 2.40. The molecule has 0 aliphatic rings. The molecule has 1 N–H and O–H groups in total. The Labute approximate surface area is 111 Å². The lowest BCUT2D eigenvalue weighted by Gasteiger charge is -2.25. The number of alkyl halides is 2. The average Bonchev–Trinajstić information content (AvgIpc) is 2.75. The van der Waals surface area contributed by atoms with E-state index in [-0.39, 0.29) is 12.0 Å². The highest BCUT2D eigenvalue weighted by atomic mass is 35.5. The number of hydrogen-bond acceptors (Lipinski definition) is 2. The normalized spacial score (nSPS) is 15.4. The van der Waals surface area contributed by atoms with Gasteiger partial charge in [0.05, 0.1) is 6.26 Å². The van der Waals surface area contributed by atoms with Crippen LogP contribution >= 0.6 is 23.2 Å². The zero-order valence-electron chi connectivity index (χ0n) is 9.78. The van der Waals surface area contributed by atoms with Gasteiger partial charge >= 0.3 is 0 Å².